The number of nitrogens with zero attached hydrogens (tertiary/aromatic N) is 1. The lowest BCUT2D eigenvalue weighted by molar-refractivity contribution is 0.151. The van der Waals surface area contributed by atoms with E-state index in [0.717, 1.165) is 33.1 Å². The summed E-state index contributed by atoms with van der Waals surface area (Å²) < 4.78 is 9.31. The molecule has 0 aliphatic carbocycles. The van der Waals surface area contributed by atoms with E-state index in [9.17, 15) is 0 Å². The number of ether oxygens (including phenoxy) is 1. The molecule has 18 heavy (non-hydrogen) atoms. The van der Waals surface area contributed by atoms with Gasteiger partial charge in [0.1, 0.15) is 0 Å². The van der Waals surface area contributed by atoms with Crippen molar-refractivity contribution in [2.75, 3.05) is 13.7 Å². The average Bonchev–Trinajstić information content (AvgIpc) is 2.64. The highest BCUT2D eigenvalue weighted by atomic mass is 79.9. The second-order valence-corrected chi connectivity index (χ2v) is 5.66. The van der Waals surface area contributed by atoms with Crippen molar-refractivity contribution in [2.45, 2.75) is 25.8 Å². The Labute approximate surface area is 120 Å². The molecule has 0 radical (unpaired) electrons. The summed E-state index contributed by atoms with van der Waals surface area (Å²) in [4.78, 5) is 3.25. The number of aromatic nitrogens is 2. The van der Waals surface area contributed by atoms with Gasteiger partial charge in [0.15, 0.2) is 4.77 Å². The summed E-state index contributed by atoms with van der Waals surface area (Å²) in [5, 5.41) is 0. The standard InChI is InChI=1S/C13H17BrN2OS/c1-3-4-10(8-17-2)16-12-7-9(14)5-6-11(12)15-13(16)18/h5-7,10H,3-4,8H2,1-2H3,(H,15,18). The molecule has 0 saturated carbocycles. The van der Waals surface area contributed by atoms with E-state index in [-0.39, 0.29) is 6.04 Å². The topological polar surface area (TPSA) is 29.9 Å². The maximum atomic E-state index is 5.44. The zero-order valence-corrected chi connectivity index (χ0v) is 13.0. The van der Waals surface area contributed by atoms with Gasteiger partial charge in [-0.3, -0.25) is 0 Å². The molecule has 98 valence electrons. The molecular weight excluding hydrogens is 312 g/mol. The van der Waals surface area contributed by atoms with Crippen LogP contribution in [0.15, 0.2) is 22.7 Å². The number of H-pyrrole nitrogens is 1. The minimum absolute atomic E-state index is 0.288. The zero-order chi connectivity index (χ0) is 13.1. The first kappa shape index (κ1) is 13.8. The number of hydrogen-bond acceptors (Lipinski definition) is 2. The van der Waals surface area contributed by atoms with E-state index in [1.54, 1.807) is 7.11 Å². The molecule has 5 heteroatoms. The highest BCUT2D eigenvalue weighted by molar-refractivity contribution is 9.10. The molecule has 1 unspecified atom stereocenters. The van der Waals surface area contributed by atoms with E-state index >= 15 is 0 Å². The van der Waals surface area contributed by atoms with Crippen LogP contribution in [0.4, 0.5) is 0 Å². The van der Waals surface area contributed by atoms with Gasteiger partial charge in [0.2, 0.25) is 0 Å². The molecule has 1 N–H and O–H groups in total. The molecule has 1 atom stereocenters. The quantitative estimate of drug-likeness (QED) is 0.822. The third-order valence-corrected chi connectivity index (χ3v) is 3.82. The summed E-state index contributed by atoms with van der Waals surface area (Å²) in [6, 6.07) is 6.44. The van der Waals surface area contributed by atoms with Crippen LogP contribution in [-0.2, 0) is 4.74 Å². The second-order valence-electron chi connectivity index (χ2n) is 4.36. The molecule has 0 amide bonds. The fourth-order valence-corrected chi connectivity index (χ4v) is 2.98. The van der Waals surface area contributed by atoms with Gasteiger partial charge >= 0.3 is 0 Å². The van der Waals surface area contributed by atoms with Crippen LogP contribution in [-0.4, -0.2) is 23.3 Å². The Kier molecular flexibility index (Phi) is 4.59. The number of imidazole rings is 1. The zero-order valence-electron chi connectivity index (χ0n) is 10.6. The van der Waals surface area contributed by atoms with Gasteiger partial charge in [-0.25, -0.2) is 0 Å². The van der Waals surface area contributed by atoms with Gasteiger partial charge in [-0.1, -0.05) is 29.3 Å². The molecule has 0 aliphatic heterocycles. The molecule has 3 nitrogen and oxygen atoms in total. The van der Waals surface area contributed by atoms with E-state index in [1.165, 1.54) is 0 Å². The minimum atomic E-state index is 0.288. The molecule has 0 bridgehead atoms. The summed E-state index contributed by atoms with van der Waals surface area (Å²) in [6.45, 7) is 2.86. The van der Waals surface area contributed by atoms with Gasteiger partial charge in [-0.05, 0) is 36.8 Å². The maximum absolute atomic E-state index is 5.44. The van der Waals surface area contributed by atoms with Crippen molar-refractivity contribution >= 4 is 39.2 Å². The molecular formula is C13H17BrN2OS. The molecule has 0 saturated heterocycles. The summed E-state index contributed by atoms with van der Waals surface area (Å²) >= 11 is 8.95. The number of benzene rings is 1. The molecule has 1 heterocycles. The van der Waals surface area contributed by atoms with E-state index in [2.05, 4.69) is 38.5 Å². The summed E-state index contributed by atoms with van der Waals surface area (Å²) in [7, 11) is 1.73. The Bertz CT molecular complexity index is 584. The predicted octanol–water partition coefficient (Wildman–Crippen LogP) is 4.45. The Morgan fingerprint density at radius 3 is 2.94 bits per heavy atom. The summed E-state index contributed by atoms with van der Waals surface area (Å²) in [6.07, 6.45) is 2.16. The van der Waals surface area contributed by atoms with E-state index in [4.69, 9.17) is 17.0 Å². The lowest BCUT2D eigenvalue weighted by Crippen LogP contribution is -2.14. The predicted molar refractivity (Wildman–Crippen MR) is 80.6 cm³/mol. The minimum Gasteiger partial charge on any atom is -0.383 e. The maximum Gasteiger partial charge on any atom is 0.178 e. The first-order valence-corrected chi connectivity index (χ1v) is 7.26. The number of rotatable bonds is 5. The number of halogens is 1. The van der Waals surface area contributed by atoms with Crippen molar-refractivity contribution in [2.24, 2.45) is 0 Å². The molecule has 2 aromatic rings. The van der Waals surface area contributed by atoms with Gasteiger partial charge < -0.3 is 14.3 Å². The van der Waals surface area contributed by atoms with Gasteiger partial charge in [-0.2, -0.15) is 0 Å². The first-order valence-electron chi connectivity index (χ1n) is 6.06. The van der Waals surface area contributed by atoms with Crippen LogP contribution in [0.3, 0.4) is 0 Å². The number of aromatic amines is 1. The highest BCUT2D eigenvalue weighted by Gasteiger charge is 2.14. The van der Waals surface area contributed by atoms with Crippen LogP contribution in [0.1, 0.15) is 25.8 Å². The van der Waals surface area contributed by atoms with Crippen molar-refractivity contribution in [3.63, 3.8) is 0 Å². The Morgan fingerprint density at radius 1 is 1.50 bits per heavy atom. The second kappa shape index (κ2) is 5.99. The van der Waals surface area contributed by atoms with E-state index in [1.807, 2.05) is 12.1 Å². The normalized spacial score (nSPS) is 13.1. The Morgan fingerprint density at radius 2 is 2.28 bits per heavy atom. The average molecular weight is 329 g/mol. The van der Waals surface area contributed by atoms with Crippen LogP contribution in [0, 0.1) is 4.77 Å². The number of nitrogens with one attached hydrogen (secondary N) is 1. The monoisotopic (exact) mass is 328 g/mol. The van der Waals surface area contributed by atoms with E-state index < -0.39 is 0 Å². The fourth-order valence-electron chi connectivity index (χ4n) is 2.27. The van der Waals surface area contributed by atoms with Crippen molar-refractivity contribution in [3.05, 3.63) is 27.4 Å². The number of methoxy groups -OCH3 is 1. The largest absolute Gasteiger partial charge is 0.383 e. The Balaban J connectivity index is 2.56. The molecule has 0 aliphatic rings. The van der Waals surface area contributed by atoms with Crippen LogP contribution >= 0.6 is 28.1 Å². The lowest BCUT2D eigenvalue weighted by Gasteiger charge is -2.18. The molecule has 0 fully saturated rings. The fraction of sp³-hybridized carbons (Fsp3) is 0.462. The third-order valence-electron chi connectivity index (χ3n) is 3.03. The van der Waals surface area contributed by atoms with Crippen LogP contribution in [0.2, 0.25) is 0 Å². The van der Waals surface area contributed by atoms with Crippen LogP contribution in [0.25, 0.3) is 11.0 Å². The van der Waals surface area contributed by atoms with Gasteiger partial charge in [0.25, 0.3) is 0 Å². The lowest BCUT2D eigenvalue weighted by atomic mass is 10.1. The van der Waals surface area contributed by atoms with Gasteiger partial charge in [-0.15, -0.1) is 0 Å². The smallest absolute Gasteiger partial charge is 0.178 e. The van der Waals surface area contributed by atoms with Crippen LogP contribution in [0.5, 0.6) is 0 Å². The first-order chi connectivity index (χ1) is 8.67. The van der Waals surface area contributed by atoms with Gasteiger partial charge in [0, 0.05) is 11.6 Å². The molecule has 1 aromatic carbocycles. The van der Waals surface area contributed by atoms with Crippen molar-refractivity contribution in [1.82, 2.24) is 9.55 Å². The highest BCUT2D eigenvalue weighted by Crippen LogP contribution is 2.25. The van der Waals surface area contributed by atoms with Crippen molar-refractivity contribution in [3.8, 4) is 0 Å². The van der Waals surface area contributed by atoms with Crippen LogP contribution < -0.4 is 0 Å². The molecule has 1 aromatic heterocycles. The third kappa shape index (κ3) is 2.68. The van der Waals surface area contributed by atoms with Crippen molar-refractivity contribution in [1.29, 1.82) is 0 Å². The van der Waals surface area contributed by atoms with Crippen molar-refractivity contribution < 1.29 is 4.74 Å². The number of hydrogen-bond donors (Lipinski definition) is 1. The number of fused-ring (bicyclic) bond motifs is 1. The van der Waals surface area contributed by atoms with E-state index in [0.29, 0.717) is 6.61 Å². The molecule has 0 spiro atoms. The van der Waals surface area contributed by atoms with Gasteiger partial charge in [0.05, 0.1) is 23.7 Å². The SMILES string of the molecule is CCCC(COC)n1c(=S)[nH]c2ccc(Br)cc21. The summed E-state index contributed by atoms with van der Waals surface area (Å²) in [5.41, 5.74) is 2.20. The molecule has 2 rings (SSSR count). The Hall–Kier alpha value is -0.650. The summed E-state index contributed by atoms with van der Waals surface area (Å²) in [5.74, 6) is 0.